The van der Waals surface area contributed by atoms with Crippen molar-refractivity contribution in [1.29, 1.82) is 0 Å². The normalized spacial score (nSPS) is 15.5. The molecular weight excluding hydrogens is 336 g/mol. The third-order valence-corrected chi connectivity index (χ3v) is 5.14. The van der Waals surface area contributed by atoms with Crippen LogP contribution in [-0.2, 0) is 13.0 Å². The van der Waals surface area contributed by atoms with E-state index in [4.69, 9.17) is 11.6 Å². The van der Waals surface area contributed by atoms with Gasteiger partial charge in [0.05, 0.1) is 5.52 Å². The zero-order valence-corrected chi connectivity index (χ0v) is 14.5. The molecule has 4 nitrogen and oxygen atoms in total. The number of benzene rings is 2. The number of hydrogen-bond donors (Lipinski definition) is 1. The predicted octanol–water partition coefficient (Wildman–Crippen LogP) is 3.70. The number of para-hydroxylation sites is 1. The summed E-state index contributed by atoms with van der Waals surface area (Å²) in [5, 5.41) is 4.00. The van der Waals surface area contributed by atoms with Gasteiger partial charge in [-0.3, -0.25) is 9.59 Å². The zero-order chi connectivity index (χ0) is 17.6. The SMILES string of the molecule is C[C@@H]1Cc2cccc3c(=O)c(C(=O)NCc4ccccc4Cl)cn1c23. The first-order chi connectivity index (χ1) is 12.1. The number of amides is 1. The Kier molecular flexibility index (Phi) is 3.85. The van der Waals surface area contributed by atoms with Gasteiger partial charge in [0.1, 0.15) is 5.56 Å². The molecule has 1 aliphatic heterocycles. The lowest BCUT2D eigenvalue weighted by molar-refractivity contribution is 0.0949. The summed E-state index contributed by atoms with van der Waals surface area (Å²) in [6.45, 7) is 2.38. The highest BCUT2D eigenvalue weighted by atomic mass is 35.5. The number of halogens is 1. The smallest absolute Gasteiger partial charge is 0.257 e. The van der Waals surface area contributed by atoms with Crippen molar-refractivity contribution in [3.8, 4) is 0 Å². The molecule has 4 rings (SSSR count). The largest absolute Gasteiger partial charge is 0.348 e. The molecule has 0 saturated carbocycles. The number of nitrogens with zero attached hydrogens (tertiary/aromatic N) is 1. The highest BCUT2D eigenvalue weighted by Gasteiger charge is 2.24. The Morgan fingerprint density at radius 2 is 2.04 bits per heavy atom. The van der Waals surface area contributed by atoms with Gasteiger partial charge < -0.3 is 9.88 Å². The summed E-state index contributed by atoms with van der Waals surface area (Å²) in [5.41, 5.74) is 2.87. The van der Waals surface area contributed by atoms with Crippen LogP contribution >= 0.6 is 11.6 Å². The summed E-state index contributed by atoms with van der Waals surface area (Å²) >= 11 is 6.12. The molecule has 25 heavy (non-hydrogen) atoms. The van der Waals surface area contributed by atoms with Gasteiger partial charge in [-0.05, 0) is 36.6 Å². The lowest BCUT2D eigenvalue weighted by atomic mass is 10.1. The van der Waals surface area contributed by atoms with Crippen molar-refractivity contribution in [2.75, 3.05) is 0 Å². The van der Waals surface area contributed by atoms with E-state index in [-0.39, 0.29) is 29.5 Å². The molecule has 1 aliphatic rings. The molecule has 0 spiro atoms. The fourth-order valence-electron chi connectivity index (χ4n) is 3.49. The number of carbonyl (C=O) groups excluding carboxylic acids is 1. The van der Waals surface area contributed by atoms with E-state index in [9.17, 15) is 9.59 Å². The molecule has 0 aliphatic carbocycles. The van der Waals surface area contributed by atoms with Crippen LogP contribution in [0.15, 0.2) is 53.5 Å². The summed E-state index contributed by atoms with van der Waals surface area (Å²) < 4.78 is 2.04. The Morgan fingerprint density at radius 1 is 1.24 bits per heavy atom. The first-order valence-corrected chi connectivity index (χ1v) is 8.62. The van der Waals surface area contributed by atoms with Gasteiger partial charge >= 0.3 is 0 Å². The average Bonchev–Trinajstić information content (AvgIpc) is 2.93. The van der Waals surface area contributed by atoms with E-state index in [1.807, 2.05) is 34.9 Å². The fourth-order valence-corrected chi connectivity index (χ4v) is 3.69. The molecule has 1 aromatic heterocycles. The van der Waals surface area contributed by atoms with E-state index in [1.165, 1.54) is 0 Å². The Morgan fingerprint density at radius 3 is 2.84 bits per heavy atom. The maximum absolute atomic E-state index is 12.8. The van der Waals surface area contributed by atoms with Crippen molar-refractivity contribution < 1.29 is 4.79 Å². The second-order valence-electron chi connectivity index (χ2n) is 6.42. The van der Waals surface area contributed by atoms with E-state index in [0.717, 1.165) is 23.1 Å². The molecule has 0 unspecified atom stereocenters. The summed E-state index contributed by atoms with van der Waals surface area (Å²) in [7, 11) is 0. The van der Waals surface area contributed by atoms with Crippen LogP contribution in [0.2, 0.25) is 5.02 Å². The van der Waals surface area contributed by atoms with Crippen LogP contribution in [0.3, 0.4) is 0 Å². The molecule has 2 aromatic carbocycles. The van der Waals surface area contributed by atoms with E-state index >= 15 is 0 Å². The lowest BCUT2D eigenvalue weighted by Crippen LogP contribution is -2.29. The van der Waals surface area contributed by atoms with Gasteiger partial charge in [-0.1, -0.05) is 41.9 Å². The fraction of sp³-hybridized carbons (Fsp3) is 0.200. The minimum atomic E-state index is -0.375. The minimum Gasteiger partial charge on any atom is -0.348 e. The molecule has 1 N–H and O–H groups in total. The second kappa shape index (κ2) is 6.05. The van der Waals surface area contributed by atoms with E-state index in [0.29, 0.717) is 10.4 Å². The van der Waals surface area contributed by atoms with Crippen LogP contribution in [0.4, 0.5) is 0 Å². The maximum atomic E-state index is 12.8. The Hall–Kier alpha value is -2.59. The van der Waals surface area contributed by atoms with Gasteiger partial charge in [0, 0.05) is 29.2 Å². The minimum absolute atomic E-state index is 0.172. The summed E-state index contributed by atoms with van der Waals surface area (Å²) in [6, 6.07) is 13.3. The quantitative estimate of drug-likeness (QED) is 0.781. The van der Waals surface area contributed by atoms with Gasteiger partial charge in [-0.25, -0.2) is 0 Å². The van der Waals surface area contributed by atoms with Crippen LogP contribution in [-0.4, -0.2) is 10.5 Å². The molecule has 3 aromatic rings. The molecular formula is C20H17ClN2O2. The van der Waals surface area contributed by atoms with Crippen LogP contribution in [0.25, 0.3) is 10.9 Å². The van der Waals surface area contributed by atoms with Crippen molar-refractivity contribution in [2.24, 2.45) is 0 Å². The average molecular weight is 353 g/mol. The Labute approximate surface area is 150 Å². The van der Waals surface area contributed by atoms with Gasteiger partial charge in [-0.2, -0.15) is 0 Å². The molecule has 0 fully saturated rings. The lowest BCUT2D eigenvalue weighted by Gasteiger charge is -2.13. The summed E-state index contributed by atoms with van der Waals surface area (Å²) in [6.07, 6.45) is 2.56. The molecule has 1 atom stereocenters. The van der Waals surface area contributed by atoms with Gasteiger partial charge in [0.15, 0.2) is 0 Å². The highest BCUT2D eigenvalue weighted by Crippen LogP contribution is 2.30. The van der Waals surface area contributed by atoms with E-state index < -0.39 is 0 Å². The first kappa shape index (κ1) is 15.9. The molecule has 1 amide bonds. The first-order valence-electron chi connectivity index (χ1n) is 8.24. The van der Waals surface area contributed by atoms with Gasteiger partial charge in [0.25, 0.3) is 5.91 Å². The molecule has 0 saturated heterocycles. The molecule has 126 valence electrons. The molecule has 2 heterocycles. The summed E-state index contributed by atoms with van der Waals surface area (Å²) in [5.74, 6) is -0.375. The maximum Gasteiger partial charge on any atom is 0.257 e. The van der Waals surface area contributed by atoms with Crippen LogP contribution in [0.1, 0.15) is 34.5 Å². The molecule has 0 bridgehead atoms. The number of carbonyl (C=O) groups is 1. The van der Waals surface area contributed by atoms with Crippen molar-refractivity contribution in [2.45, 2.75) is 25.9 Å². The topological polar surface area (TPSA) is 51.1 Å². The van der Waals surface area contributed by atoms with Crippen molar-refractivity contribution in [3.63, 3.8) is 0 Å². The molecule has 5 heteroatoms. The van der Waals surface area contributed by atoms with Gasteiger partial charge in [0.2, 0.25) is 5.43 Å². The van der Waals surface area contributed by atoms with Crippen molar-refractivity contribution >= 4 is 28.4 Å². The van der Waals surface area contributed by atoms with Crippen LogP contribution in [0.5, 0.6) is 0 Å². The predicted molar refractivity (Wildman–Crippen MR) is 99.2 cm³/mol. The highest BCUT2D eigenvalue weighted by molar-refractivity contribution is 6.31. The third kappa shape index (κ3) is 2.63. The van der Waals surface area contributed by atoms with Crippen LogP contribution < -0.4 is 10.7 Å². The van der Waals surface area contributed by atoms with Gasteiger partial charge in [-0.15, -0.1) is 0 Å². The van der Waals surface area contributed by atoms with Crippen LogP contribution in [0, 0.1) is 0 Å². The monoisotopic (exact) mass is 352 g/mol. The second-order valence-corrected chi connectivity index (χ2v) is 6.83. The number of rotatable bonds is 3. The van der Waals surface area contributed by atoms with Crippen molar-refractivity contribution in [1.82, 2.24) is 9.88 Å². The third-order valence-electron chi connectivity index (χ3n) is 4.77. The zero-order valence-electron chi connectivity index (χ0n) is 13.8. The van der Waals surface area contributed by atoms with Crippen molar-refractivity contribution in [3.05, 3.63) is 80.6 Å². The number of hydrogen-bond acceptors (Lipinski definition) is 2. The van der Waals surface area contributed by atoms with E-state index in [2.05, 4.69) is 12.2 Å². The number of nitrogens with one attached hydrogen (secondary N) is 1. The van der Waals surface area contributed by atoms with E-state index in [1.54, 1.807) is 18.3 Å². The standard InChI is InChI=1S/C20H17ClN2O2/c1-12-9-13-6-4-7-15-18(13)23(12)11-16(19(15)24)20(25)22-10-14-5-2-3-8-17(14)21/h2-8,11-12H,9-10H2,1H3,(H,22,25)/t12-/m1/s1. The molecule has 0 radical (unpaired) electrons. The Balaban J connectivity index is 1.71. The summed E-state index contributed by atoms with van der Waals surface area (Å²) in [4.78, 5) is 25.4. The Bertz CT molecular complexity index is 1060. The number of aromatic nitrogens is 1. The number of pyridine rings is 1.